The third-order valence-corrected chi connectivity index (χ3v) is 6.75. The quantitative estimate of drug-likeness (QED) is 0.146. The summed E-state index contributed by atoms with van der Waals surface area (Å²) < 4.78 is 23.1. The van der Waals surface area contributed by atoms with Crippen molar-refractivity contribution in [3.63, 3.8) is 0 Å². The predicted molar refractivity (Wildman–Crippen MR) is 163 cm³/mol. The monoisotopic (exact) mass is 650 g/mol. The largest absolute Gasteiger partial charge is 0.493 e. The smallest absolute Gasteiger partial charge is 0.338 e. The Morgan fingerprint density at radius 3 is 2.58 bits per heavy atom. The Morgan fingerprint density at radius 1 is 1.05 bits per heavy atom. The number of methoxy groups -OCH3 is 1. The minimum atomic E-state index is -0.766. The summed E-state index contributed by atoms with van der Waals surface area (Å²) in [6.45, 7) is 3.60. The standard InChI is InChI=1S/C31H31BrN4O7/c1-4-41-30(38)28-19(2)34-31(39)35-29(28)22-10-13-25(26(15-22)40-3)43-18-27(37)36-33-16-21-6-5-7-24(14-21)42-17-20-8-11-23(32)12-9-20/h5-16,29H,4,17-18H2,1-3H3,(H,36,37)(H2,34,35,39)/b33-16+/t29-/m1/s1. The van der Waals surface area contributed by atoms with Crippen LogP contribution in [0.25, 0.3) is 0 Å². The van der Waals surface area contributed by atoms with Crippen LogP contribution >= 0.6 is 15.9 Å². The molecular formula is C31H31BrN4O7. The van der Waals surface area contributed by atoms with Crippen molar-refractivity contribution in [3.8, 4) is 17.2 Å². The first kappa shape index (κ1) is 31.1. The molecule has 224 valence electrons. The van der Waals surface area contributed by atoms with Crippen LogP contribution < -0.4 is 30.3 Å². The average Bonchev–Trinajstić information content (AvgIpc) is 2.99. The van der Waals surface area contributed by atoms with Gasteiger partial charge in [0.2, 0.25) is 0 Å². The fraction of sp³-hybridized carbons (Fsp3) is 0.226. The van der Waals surface area contributed by atoms with Crippen LogP contribution in [-0.4, -0.2) is 44.4 Å². The second-order valence-corrected chi connectivity index (χ2v) is 10.2. The van der Waals surface area contributed by atoms with Gasteiger partial charge in [0.25, 0.3) is 5.91 Å². The van der Waals surface area contributed by atoms with E-state index in [1.54, 1.807) is 32.0 Å². The van der Waals surface area contributed by atoms with Gasteiger partial charge in [-0.15, -0.1) is 0 Å². The summed E-state index contributed by atoms with van der Waals surface area (Å²) in [5, 5.41) is 9.33. The lowest BCUT2D eigenvalue weighted by molar-refractivity contribution is -0.139. The fourth-order valence-corrected chi connectivity index (χ4v) is 4.46. The van der Waals surface area contributed by atoms with E-state index in [-0.39, 0.29) is 18.8 Å². The van der Waals surface area contributed by atoms with Crippen molar-refractivity contribution in [2.45, 2.75) is 26.5 Å². The van der Waals surface area contributed by atoms with Crippen LogP contribution in [0.15, 0.2) is 87.6 Å². The molecule has 1 aliphatic rings. The number of halogens is 1. The molecule has 4 rings (SSSR count). The lowest BCUT2D eigenvalue weighted by Gasteiger charge is -2.28. The van der Waals surface area contributed by atoms with Crippen molar-refractivity contribution in [1.29, 1.82) is 0 Å². The van der Waals surface area contributed by atoms with E-state index in [2.05, 4.69) is 37.1 Å². The molecule has 11 nitrogen and oxygen atoms in total. The molecule has 0 fully saturated rings. The summed E-state index contributed by atoms with van der Waals surface area (Å²) in [6, 6.07) is 18.9. The minimum absolute atomic E-state index is 0.187. The van der Waals surface area contributed by atoms with Crippen molar-refractivity contribution < 1.29 is 33.3 Å². The summed E-state index contributed by atoms with van der Waals surface area (Å²) in [6.07, 6.45) is 1.50. The van der Waals surface area contributed by atoms with Crippen LogP contribution in [-0.2, 0) is 20.9 Å². The molecule has 1 heterocycles. The summed E-state index contributed by atoms with van der Waals surface area (Å²) in [7, 11) is 1.45. The molecule has 0 saturated carbocycles. The van der Waals surface area contributed by atoms with Gasteiger partial charge in [-0.1, -0.05) is 46.3 Å². The van der Waals surface area contributed by atoms with Gasteiger partial charge in [-0.3, -0.25) is 4.79 Å². The second-order valence-electron chi connectivity index (χ2n) is 9.27. The van der Waals surface area contributed by atoms with Crippen molar-refractivity contribution >= 4 is 40.1 Å². The van der Waals surface area contributed by atoms with E-state index in [9.17, 15) is 14.4 Å². The molecule has 3 amide bonds. The fourth-order valence-electron chi connectivity index (χ4n) is 4.19. The predicted octanol–water partition coefficient (Wildman–Crippen LogP) is 4.76. The van der Waals surface area contributed by atoms with Crippen molar-refractivity contribution in [2.24, 2.45) is 5.10 Å². The van der Waals surface area contributed by atoms with E-state index in [0.29, 0.717) is 35.1 Å². The number of nitrogens with zero attached hydrogens (tertiary/aromatic N) is 1. The highest BCUT2D eigenvalue weighted by molar-refractivity contribution is 9.10. The van der Waals surface area contributed by atoms with Gasteiger partial charge >= 0.3 is 12.0 Å². The number of ether oxygens (including phenoxy) is 4. The molecular weight excluding hydrogens is 620 g/mol. The molecule has 3 aromatic carbocycles. The summed E-state index contributed by atoms with van der Waals surface area (Å²) in [4.78, 5) is 37.1. The van der Waals surface area contributed by atoms with Crippen LogP contribution in [0.5, 0.6) is 17.2 Å². The highest BCUT2D eigenvalue weighted by Gasteiger charge is 2.32. The third kappa shape index (κ3) is 8.58. The lowest BCUT2D eigenvalue weighted by Crippen LogP contribution is -2.45. The molecule has 1 atom stereocenters. The first-order valence-electron chi connectivity index (χ1n) is 13.3. The van der Waals surface area contributed by atoms with Gasteiger partial charge in [0.05, 0.1) is 31.5 Å². The van der Waals surface area contributed by atoms with Crippen LogP contribution in [0.3, 0.4) is 0 Å². The topological polar surface area (TPSA) is 137 Å². The molecule has 0 radical (unpaired) electrons. The highest BCUT2D eigenvalue weighted by Crippen LogP contribution is 2.34. The SMILES string of the molecule is CCOC(=O)C1=C(C)NC(=O)N[C@@H]1c1ccc(OCC(=O)N/N=C/c2cccc(OCc3ccc(Br)cc3)c2)c(OC)c1. The highest BCUT2D eigenvalue weighted by atomic mass is 79.9. The van der Waals surface area contributed by atoms with E-state index >= 15 is 0 Å². The second kappa shape index (κ2) is 14.9. The number of rotatable bonds is 12. The van der Waals surface area contributed by atoms with E-state index in [1.807, 2.05) is 48.5 Å². The Morgan fingerprint density at radius 2 is 1.84 bits per heavy atom. The summed E-state index contributed by atoms with van der Waals surface area (Å²) >= 11 is 3.42. The average molecular weight is 652 g/mol. The number of nitrogens with one attached hydrogen (secondary N) is 3. The number of amides is 3. The Balaban J connectivity index is 1.33. The van der Waals surface area contributed by atoms with Crippen LogP contribution in [0.4, 0.5) is 4.79 Å². The minimum Gasteiger partial charge on any atom is -0.493 e. The number of carbonyl (C=O) groups is 3. The van der Waals surface area contributed by atoms with Gasteiger partial charge in [-0.25, -0.2) is 15.0 Å². The zero-order valence-electron chi connectivity index (χ0n) is 23.8. The number of allylic oxidation sites excluding steroid dienone is 1. The molecule has 1 aliphatic heterocycles. The lowest BCUT2D eigenvalue weighted by atomic mass is 9.95. The Kier molecular flexibility index (Phi) is 10.8. The first-order valence-corrected chi connectivity index (χ1v) is 14.1. The van der Waals surface area contributed by atoms with Gasteiger partial charge in [0.1, 0.15) is 12.4 Å². The molecule has 3 N–H and O–H groups in total. The number of hydrazone groups is 1. The zero-order valence-corrected chi connectivity index (χ0v) is 25.4. The maximum Gasteiger partial charge on any atom is 0.338 e. The molecule has 3 aromatic rings. The van der Waals surface area contributed by atoms with Gasteiger partial charge in [-0.2, -0.15) is 5.10 Å². The number of carbonyl (C=O) groups excluding carboxylic acids is 3. The molecule has 0 aromatic heterocycles. The van der Waals surface area contributed by atoms with E-state index in [1.165, 1.54) is 13.3 Å². The normalized spacial score (nSPS) is 14.5. The van der Waals surface area contributed by atoms with Crippen LogP contribution in [0, 0.1) is 0 Å². The summed E-state index contributed by atoms with van der Waals surface area (Å²) in [5.74, 6) is 0.232. The molecule has 0 bridgehead atoms. The van der Waals surface area contributed by atoms with E-state index < -0.39 is 23.9 Å². The molecule has 12 heteroatoms. The number of hydrogen-bond acceptors (Lipinski definition) is 8. The van der Waals surface area contributed by atoms with E-state index in [0.717, 1.165) is 15.6 Å². The Hall–Kier alpha value is -4.84. The van der Waals surface area contributed by atoms with Crippen molar-refractivity contribution in [3.05, 3.63) is 99.2 Å². The zero-order chi connectivity index (χ0) is 30.8. The maximum absolute atomic E-state index is 12.6. The summed E-state index contributed by atoms with van der Waals surface area (Å²) in [5.41, 5.74) is 5.44. The molecule has 0 saturated heterocycles. The van der Waals surface area contributed by atoms with Crippen molar-refractivity contribution in [2.75, 3.05) is 20.3 Å². The number of urea groups is 1. The number of hydrogen-bond donors (Lipinski definition) is 3. The van der Waals surface area contributed by atoms with Crippen molar-refractivity contribution in [1.82, 2.24) is 16.1 Å². The van der Waals surface area contributed by atoms with Gasteiger partial charge in [-0.05, 0) is 66.9 Å². The van der Waals surface area contributed by atoms with E-state index in [4.69, 9.17) is 18.9 Å². The Labute approximate surface area is 257 Å². The maximum atomic E-state index is 12.6. The van der Waals surface area contributed by atoms with Gasteiger partial charge in [0, 0.05) is 10.2 Å². The van der Waals surface area contributed by atoms with Crippen LogP contribution in [0.1, 0.15) is 36.6 Å². The number of benzene rings is 3. The third-order valence-electron chi connectivity index (χ3n) is 6.22. The molecule has 0 spiro atoms. The van der Waals surface area contributed by atoms with Crippen LogP contribution in [0.2, 0.25) is 0 Å². The number of esters is 1. The van der Waals surface area contributed by atoms with Gasteiger partial charge in [0.15, 0.2) is 18.1 Å². The molecule has 0 aliphatic carbocycles. The molecule has 0 unspecified atom stereocenters. The Bertz CT molecular complexity index is 1540. The van der Waals surface area contributed by atoms with Gasteiger partial charge < -0.3 is 29.6 Å². The molecule has 43 heavy (non-hydrogen) atoms. The first-order chi connectivity index (χ1) is 20.8.